The number of carbonyl (C=O) groups is 1. The van der Waals surface area contributed by atoms with E-state index in [2.05, 4.69) is 15.3 Å². The van der Waals surface area contributed by atoms with Gasteiger partial charge < -0.3 is 4.74 Å². The van der Waals surface area contributed by atoms with Gasteiger partial charge in [-0.1, -0.05) is 22.8 Å². The third-order valence-electron chi connectivity index (χ3n) is 2.84. The number of carbonyl (C=O) groups excluding carboxylic acids is 1. The highest BCUT2D eigenvalue weighted by Gasteiger charge is 2.36. The molecular weight excluding hydrogens is 287 g/mol. The highest BCUT2D eigenvalue weighted by atomic mass is 35.5. The zero-order valence-electron chi connectivity index (χ0n) is 11.1. The van der Waals surface area contributed by atoms with Gasteiger partial charge in [-0.3, -0.25) is 5.32 Å². The summed E-state index contributed by atoms with van der Waals surface area (Å²) >= 11 is 5.73. The summed E-state index contributed by atoms with van der Waals surface area (Å²) < 4.78 is 18.0. The average molecular weight is 301 g/mol. The fourth-order valence-corrected chi connectivity index (χ4v) is 1.88. The molecular formula is C12H14ClFN4O2. The Balaban J connectivity index is 3.06. The van der Waals surface area contributed by atoms with E-state index in [-0.39, 0.29) is 18.1 Å². The second-order valence-corrected chi connectivity index (χ2v) is 4.53. The number of azide groups is 1. The summed E-state index contributed by atoms with van der Waals surface area (Å²) in [5, 5.41) is 6.20. The first-order valence-corrected chi connectivity index (χ1v) is 6.13. The molecule has 0 heterocycles. The van der Waals surface area contributed by atoms with Crippen molar-refractivity contribution in [3.05, 3.63) is 45.0 Å². The number of hydrogen-bond acceptors (Lipinski definition) is 4. The molecule has 0 spiro atoms. The summed E-state index contributed by atoms with van der Waals surface area (Å²) in [6, 6.07) is 3.97. The molecule has 20 heavy (non-hydrogen) atoms. The summed E-state index contributed by atoms with van der Waals surface area (Å²) in [5.41, 5.74) is 7.46. The number of benzene rings is 1. The Morgan fingerprint density at radius 1 is 1.65 bits per heavy atom. The standard InChI is InChI=1S/C12H14ClFN4O2/c1-12(11(19)20-2,16-5-6-17-18-15)8-3-4-10(14)9(13)7-8/h3-4,7,16H,5-6H2,1-2H3. The van der Waals surface area contributed by atoms with Gasteiger partial charge in [-0.2, -0.15) is 0 Å². The van der Waals surface area contributed by atoms with Crippen LogP contribution in [0.25, 0.3) is 10.4 Å². The molecule has 1 aromatic rings. The molecule has 0 aliphatic carbocycles. The molecule has 8 heteroatoms. The van der Waals surface area contributed by atoms with E-state index in [0.29, 0.717) is 5.56 Å². The van der Waals surface area contributed by atoms with Crippen molar-refractivity contribution in [2.45, 2.75) is 12.5 Å². The number of hydrogen-bond donors (Lipinski definition) is 1. The number of rotatable bonds is 6. The molecule has 1 aromatic carbocycles. The third-order valence-corrected chi connectivity index (χ3v) is 3.13. The fourth-order valence-electron chi connectivity index (χ4n) is 1.70. The van der Waals surface area contributed by atoms with Crippen LogP contribution in [0, 0.1) is 5.82 Å². The number of nitrogens with one attached hydrogen (secondary N) is 1. The van der Waals surface area contributed by atoms with Crippen LogP contribution in [0.5, 0.6) is 0 Å². The van der Waals surface area contributed by atoms with Crippen molar-refractivity contribution >= 4 is 17.6 Å². The molecule has 0 aliphatic heterocycles. The Bertz CT molecular complexity index is 548. The van der Waals surface area contributed by atoms with Crippen LogP contribution in [0.3, 0.4) is 0 Å². The zero-order valence-corrected chi connectivity index (χ0v) is 11.8. The smallest absolute Gasteiger partial charge is 0.330 e. The molecule has 0 radical (unpaired) electrons. The third kappa shape index (κ3) is 3.60. The van der Waals surface area contributed by atoms with E-state index in [1.54, 1.807) is 6.92 Å². The largest absolute Gasteiger partial charge is 0.467 e. The Morgan fingerprint density at radius 3 is 2.90 bits per heavy atom. The number of halogens is 2. The first-order valence-electron chi connectivity index (χ1n) is 5.75. The Labute approximate surface area is 120 Å². The number of ether oxygens (including phenoxy) is 1. The van der Waals surface area contributed by atoms with Gasteiger partial charge in [-0.05, 0) is 30.2 Å². The van der Waals surface area contributed by atoms with E-state index < -0.39 is 17.3 Å². The van der Waals surface area contributed by atoms with Gasteiger partial charge in [-0.25, -0.2) is 9.18 Å². The van der Waals surface area contributed by atoms with Crippen LogP contribution in [0.1, 0.15) is 12.5 Å². The molecule has 0 saturated carbocycles. The van der Waals surface area contributed by atoms with Crippen LogP contribution in [-0.4, -0.2) is 26.2 Å². The lowest BCUT2D eigenvalue weighted by Gasteiger charge is -2.28. The van der Waals surface area contributed by atoms with Crippen LogP contribution in [0.15, 0.2) is 23.3 Å². The predicted molar refractivity (Wildman–Crippen MR) is 72.8 cm³/mol. The van der Waals surface area contributed by atoms with Crippen LogP contribution in [0.2, 0.25) is 5.02 Å². The van der Waals surface area contributed by atoms with Gasteiger partial charge in [0.05, 0.1) is 12.1 Å². The van der Waals surface area contributed by atoms with Crippen molar-refractivity contribution in [1.82, 2.24) is 5.32 Å². The van der Waals surface area contributed by atoms with Crippen LogP contribution < -0.4 is 5.32 Å². The predicted octanol–water partition coefficient (Wildman–Crippen LogP) is 2.77. The molecule has 1 rings (SSSR count). The Hall–Kier alpha value is -1.82. The summed E-state index contributed by atoms with van der Waals surface area (Å²) in [7, 11) is 1.25. The molecule has 108 valence electrons. The minimum absolute atomic E-state index is 0.0885. The fraction of sp³-hybridized carbons (Fsp3) is 0.417. The van der Waals surface area contributed by atoms with Gasteiger partial charge in [-0.15, -0.1) is 0 Å². The number of methoxy groups -OCH3 is 1. The minimum atomic E-state index is -1.21. The summed E-state index contributed by atoms with van der Waals surface area (Å²) in [6.45, 7) is 2.00. The second-order valence-electron chi connectivity index (χ2n) is 4.13. The highest BCUT2D eigenvalue weighted by molar-refractivity contribution is 6.30. The molecule has 1 unspecified atom stereocenters. The maximum absolute atomic E-state index is 13.2. The van der Waals surface area contributed by atoms with Crippen LogP contribution in [-0.2, 0) is 15.1 Å². The first-order chi connectivity index (χ1) is 9.45. The maximum atomic E-state index is 13.2. The van der Waals surface area contributed by atoms with E-state index in [0.717, 1.165) is 0 Å². The molecule has 6 nitrogen and oxygen atoms in total. The lowest BCUT2D eigenvalue weighted by atomic mass is 9.92. The molecule has 1 atom stereocenters. The summed E-state index contributed by atoms with van der Waals surface area (Å²) in [4.78, 5) is 14.6. The molecule has 1 N–H and O–H groups in total. The van der Waals surface area contributed by atoms with Gasteiger partial charge >= 0.3 is 5.97 Å². The van der Waals surface area contributed by atoms with Gasteiger partial charge in [0.1, 0.15) is 11.4 Å². The van der Waals surface area contributed by atoms with Crippen molar-refractivity contribution < 1.29 is 13.9 Å². The SMILES string of the molecule is COC(=O)C(C)(NCCN=[N+]=[N-])c1ccc(F)c(Cl)c1. The lowest BCUT2D eigenvalue weighted by molar-refractivity contribution is -0.148. The van der Waals surface area contributed by atoms with Crippen LogP contribution in [0.4, 0.5) is 4.39 Å². The highest BCUT2D eigenvalue weighted by Crippen LogP contribution is 2.26. The number of nitrogens with zero attached hydrogens (tertiary/aromatic N) is 3. The molecule has 0 amide bonds. The van der Waals surface area contributed by atoms with Gasteiger partial charge in [0, 0.05) is 18.0 Å². The van der Waals surface area contributed by atoms with Crippen molar-refractivity contribution in [1.29, 1.82) is 0 Å². The van der Waals surface area contributed by atoms with Crippen molar-refractivity contribution in [3.8, 4) is 0 Å². The number of esters is 1. The van der Waals surface area contributed by atoms with Gasteiger partial charge in [0.15, 0.2) is 0 Å². The topological polar surface area (TPSA) is 87.1 Å². The Morgan fingerprint density at radius 2 is 2.35 bits per heavy atom. The van der Waals surface area contributed by atoms with Crippen molar-refractivity contribution in [3.63, 3.8) is 0 Å². The minimum Gasteiger partial charge on any atom is -0.467 e. The van der Waals surface area contributed by atoms with Crippen molar-refractivity contribution in [2.75, 3.05) is 20.2 Å². The van der Waals surface area contributed by atoms with Crippen LogP contribution >= 0.6 is 11.6 Å². The van der Waals surface area contributed by atoms with E-state index in [9.17, 15) is 9.18 Å². The van der Waals surface area contributed by atoms with Gasteiger partial charge in [0.2, 0.25) is 0 Å². The molecule has 0 bridgehead atoms. The van der Waals surface area contributed by atoms with Crippen molar-refractivity contribution in [2.24, 2.45) is 5.11 Å². The monoisotopic (exact) mass is 300 g/mol. The maximum Gasteiger partial charge on any atom is 0.330 e. The summed E-state index contributed by atoms with van der Waals surface area (Å²) in [6.07, 6.45) is 0. The van der Waals surface area contributed by atoms with Gasteiger partial charge in [0.25, 0.3) is 0 Å². The quantitative estimate of drug-likeness (QED) is 0.288. The molecule has 0 aliphatic rings. The van der Waals surface area contributed by atoms with E-state index in [1.807, 2.05) is 0 Å². The van der Waals surface area contributed by atoms with E-state index in [4.69, 9.17) is 21.9 Å². The summed E-state index contributed by atoms with van der Waals surface area (Å²) in [5.74, 6) is -1.13. The average Bonchev–Trinajstić information content (AvgIpc) is 2.45. The zero-order chi connectivity index (χ0) is 15.2. The molecule has 0 saturated heterocycles. The Kier molecular flexibility index (Phi) is 5.76. The first kappa shape index (κ1) is 16.2. The molecule has 0 fully saturated rings. The normalized spacial score (nSPS) is 13.2. The van der Waals surface area contributed by atoms with E-state index in [1.165, 1.54) is 25.3 Å². The molecule has 0 aromatic heterocycles. The lowest BCUT2D eigenvalue weighted by Crippen LogP contribution is -2.48. The second kappa shape index (κ2) is 7.09. The van der Waals surface area contributed by atoms with E-state index >= 15 is 0 Å².